The predicted molar refractivity (Wildman–Crippen MR) is 67.0 cm³/mol. The van der Waals surface area contributed by atoms with Crippen molar-refractivity contribution in [2.75, 3.05) is 19.8 Å². The third-order valence-electron chi connectivity index (χ3n) is 2.10. The van der Waals surface area contributed by atoms with E-state index in [9.17, 15) is 14.4 Å². The Kier molecular flexibility index (Phi) is 6.95. The average molecular weight is 274 g/mol. The minimum absolute atomic E-state index is 0.0558. The number of ether oxygens (including phenoxy) is 3. The van der Waals surface area contributed by atoms with Gasteiger partial charge in [-0.2, -0.15) is 0 Å². The minimum atomic E-state index is -3.96. The van der Waals surface area contributed by atoms with Gasteiger partial charge in [-0.3, -0.25) is 14.4 Å². The minimum Gasteiger partial charge on any atom is -0.469 e. The van der Waals surface area contributed by atoms with E-state index in [4.69, 9.17) is 14.2 Å². The Morgan fingerprint density at radius 2 is 1.17 bits per heavy atom. The highest BCUT2D eigenvalue weighted by atomic mass is 28.3. The number of hydrogen-bond donors (Lipinski definition) is 0. The first-order chi connectivity index (χ1) is 8.50. The highest BCUT2D eigenvalue weighted by molar-refractivity contribution is 7.41. The lowest BCUT2D eigenvalue weighted by Gasteiger charge is -2.20. The molecule has 0 bridgehead atoms. The van der Waals surface area contributed by atoms with E-state index in [0.29, 0.717) is 0 Å². The molecule has 7 heteroatoms. The van der Waals surface area contributed by atoms with E-state index in [-0.39, 0.29) is 19.8 Å². The van der Waals surface area contributed by atoms with Crippen molar-refractivity contribution in [1.82, 2.24) is 0 Å². The molecule has 0 aromatic heterocycles. The van der Waals surface area contributed by atoms with Crippen LogP contribution in [0, 0.1) is 0 Å². The molecule has 0 aliphatic carbocycles. The SMILES string of the molecule is C=C[Si](C(=O)OCC)(C(=O)OCC)C(=O)OCC. The molecule has 0 saturated carbocycles. The second-order valence-electron chi connectivity index (χ2n) is 3.17. The summed E-state index contributed by atoms with van der Waals surface area (Å²) in [5.74, 6) is 0. The first kappa shape index (κ1) is 16.4. The fraction of sp³-hybridized carbons (Fsp3) is 0.545. The lowest BCUT2D eigenvalue weighted by Crippen LogP contribution is -2.59. The largest absolute Gasteiger partial charge is 0.469 e. The van der Waals surface area contributed by atoms with Gasteiger partial charge in [0.25, 0.3) is 0 Å². The monoisotopic (exact) mass is 274 g/mol. The Balaban J connectivity index is 5.45. The standard InChI is InChI=1S/C11H18O6Si/c1-5-15-9(12)18(8-4,10(13)16-6-2)11(14)17-7-3/h8H,4-7H2,1-3H3. The van der Waals surface area contributed by atoms with Crippen LogP contribution in [0.25, 0.3) is 0 Å². The fourth-order valence-corrected chi connectivity index (χ4v) is 3.35. The fourth-order valence-electron chi connectivity index (χ4n) is 1.23. The topological polar surface area (TPSA) is 78.9 Å². The zero-order chi connectivity index (χ0) is 14.2. The highest BCUT2D eigenvalue weighted by Crippen LogP contribution is 2.16. The smallest absolute Gasteiger partial charge is 0.452 e. The van der Waals surface area contributed by atoms with Crippen molar-refractivity contribution >= 4 is 24.9 Å². The van der Waals surface area contributed by atoms with E-state index < -0.39 is 24.9 Å². The molecule has 0 amide bonds. The van der Waals surface area contributed by atoms with Crippen molar-refractivity contribution in [3.05, 3.63) is 12.3 Å². The molecule has 0 heterocycles. The Bertz CT molecular complexity index is 293. The van der Waals surface area contributed by atoms with Crippen LogP contribution in [0.2, 0.25) is 0 Å². The molecule has 0 aliphatic rings. The van der Waals surface area contributed by atoms with Crippen LogP contribution in [0.3, 0.4) is 0 Å². The summed E-state index contributed by atoms with van der Waals surface area (Å²) in [4.78, 5) is 35.7. The van der Waals surface area contributed by atoms with Gasteiger partial charge in [-0.05, 0) is 20.8 Å². The van der Waals surface area contributed by atoms with Crippen LogP contribution < -0.4 is 0 Å². The van der Waals surface area contributed by atoms with Crippen molar-refractivity contribution in [3.63, 3.8) is 0 Å². The van der Waals surface area contributed by atoms with E-state index >= 15 is 0 Å². The van der Waals surface area contributed by atoms with Crippen LogP contribution in [0.15, 0.2) is 12.3 Å². The van der Waals surface area contributed by atoms with Crippen LogP contribution in [-0.2, 0) is 14.2 Å². The molecule has 0 aromatic rings. The van der Waals surface area contributed by atoms with Gasteiger partial charge in [0, 0.05) is 0 Å². The second-order valence-corrected chi connectivity index (χ2v) is 6.42. The van der Waals surface area contributed by atoms with Gasteiger partial charge >= 0.3 is 24.9 Å². The molecule has 0 spiro atoms. The van der Waals surface area contributed by atoms with Crippen molar-refractivity contribution in [2.45, 2.75) is 20.8 Å². The quantitative estimate of drug-likeness (QED) is 0.524. The third-order valence-corrected chi connectivity index (χ3v) is 5.08. The van der Waals surface area contributed by atoms with Gasteiger partial charge in [0.2, 0.25) is 0 Å². The molecule has 6 nitrogen and oxygen atoms in total. The summed E-state index contributed by atoms with van der Waals surface area (Å²) >= 11 is 0. The highest BCUT2D eigenvalue weighted by Gasteiger charge is 2.60. The maximum absolute atomic E-state index is 11.9. The molecule has 0 aliphatic heterocycles. The summed E-state index contributed by atoms with van der Waals surface area (Å²) in [6.07, 6.45) is 0. The first-order valence-electron chi connectivity index (χ1n) is 5.66. The Labute approximate surface area is 107 Å². The van der Waals surface area contributed by atoms with Crippen LogP contribution >= 0.6 is 0 Å². The van der Waals surface area contributed by atoms with Gasteiger partial charge in [-0.1, -0.05) is 5.70 Å². The summed E-state index contributed by atoms with van der Waals surface area (Å²) in [5, 5.41) is 0. The third kappa shape index (κ3) is 3.19. The van der Waals surface area contributed by atoms with E-state index in [2.05, 4.69) is 6.58 Å². The molecular weight excluding hydrogens is 256 g/mol. The molecule has 0 atom stereocenters. The molecular formula is C11H18O6Si. The maximum atomic E-state index is 11.9. The summed E-state index contributed by atoms with van der Waals surface area (Å²) in [7, 11) is -3.96. The van der Waals surface area contributed by atoms with Gasteiger partial charge in [0.15, 0.2) is 0 Å². The normalized spacial score (nSPS) is 10.4. The zero-order valence-electron chi connectivity index (χ0n) is 10.9. The van der Waals surface area contributed by atoms with Crippen molar-refractivity contribution in [1.29, 1.82) is 0 Å². The molecule has 0 fully saturated rings. The summed E-state index contributed by atoms with van der Waals surface area (Å²) in [6, 6.07) is 0. The van der Waals surface area contributed by atoms with Gasteiger partial charge in [0.1, 0.15) is 0 Å². The van der Waals surface area contributed by atoms with E-state index in [1.165, 1.54) is 0 Å². The number of hydrogen-bond acceptors (Lipinski definition) is 6. The molecule has 0 aromatic carbocycles. The lowest BCUT2D eigenvalue weighted by molar-refractivity contribution is 0.159. The van der Waals surface area contributed by atoms with Crippen LogP contribution in [0.5, 0.6) is 0 Å². The van der Waals surface area contributed by atoms with Crippen LogP contribution in [0.1, 0.15) is 20.8 Å². The van der Waals surface area contributed by atoms with Gasteiger partial charge in [0.05, 0.1) is 19.8 Å². The molecule has 0 rings (SSSR count). The molecule has 0 saturated heterocycles. The number of carbonyl (C=O) groups excluding carboxylic acids is 3. The first-order valence-corrected chi connectivity index (χ1v) is 7.74. The van der Waals surface area contributed by atoms with Crippen LogP contribution in [-0.4, -0.2) is 44.7 Å². The Morgan fingerprint density at radius 3 is 1.33 bits per heavy atom. The van der Waals surface area contributed by atoms with Gasteiger partial charge < -0.3 is 14.2 Å². The van der Waals surface area contributed by atoms with E-state index in [1.54, 1.807) is 20.8 Å². The zero-order valence-corrected chi connectivity index (χ0v) is 11.9. The lowest BCUT2D eigenvalue weighted by atomic mass is 10.9. The molecule has 0 N–H and O–H groups in total. The Morgan fingerprint density at radius 1 is 0.889 bits per heavy atom. The van der Waals surface area contributed by atoms with Crippen molar-refractivity contribution in [3.8, 4) is 0 Å². The summed E-state index contributed by atoms with van der Waals surface area (Å²) in [5.41, 5.74) is -1.69. The van der Waals surface area contributed by atoms with Gasteiger partial charge in [-0.25, -0.2) is 0 Å². The van der Waals surface area contributed by atoms with Crippen molar-refractivity contribution < 1.29 is 28.6 Å². The van der Waals surface area contributed by atoms with Crippen molar-refractivity contribution in [2.24, 2.45) is 0 Å². The average Bonchev–Trinajstić information content (AvgIpc) is 2.31. The number of rotatable bonds is 7. The maximum Gasteiger partial charge on any atom is 0.452 e. The summed E-state index contributed by atoms with van der Waals surface area (Å²) in [6.45, 7) is 8.31. The van der Waals surface area contributed by atoms with E-state index in [1.807, 2.05) is 0 Å². The summed E-state index contributed by atoms with van der Waals surface area (Å²) < 4.78 is 14.3. The van der Waals surface area contributed by atoms with Gasteiger partial charge in [-0.15, -0.1) is 6.58 Å². The molecule has 102 valence electrons. The second kappa shape index (κ2) is 7.65. The molecule has 0 radical (unpaired) electrons. The Hall–Kier alpha value is -1.63. The van der Waals surface area contributed by atoms with E-state index in [0.717, 1.165) is 5.70 Å². The molecule has 0 unspecified atom stereocenters. The predicted octanol–water partition coefficient (Wildman–Crippen LogP) is 2.38. The number of carbonyl (C=O) groups is 3. The van der Waals surface area contributed by atoms with Crippen LogP contribution in [0.4, 0.5) is 14.4 Å². The molecule has 18 heavy (non-hydrogen) atoms.